The van der Waals surface area contributed by atoms with Gasteiger partial charge in [0.15, 0.2) is 0 Å². The Morgan fingerprint density at radius 3 is 0.911 bits per heavy atom. The van der Waals surface area contributed by atoms with Gasteiger partial charge in [-0.3, -0.25) is 0 Å². The molecule has 1 aromatic heterocycles. The molecule has 4 aliphatic carbocycles. The molecule has 112 heavy (non-hydrogen) atoms. The van der Waals surface area contributed by atoms with E-state index in [-0.39, 0.29) is 55.6 Å². The first-order chi connectivity index (χ1) is 57.4. The average molecular weight is 1450 g/mol. The first-order valence-corrected chi connectivity index (χ1v) is 39.7. The minimum absolute atomic E-state index is 0.00320. The Labute approximate surface area is 670 Å². The van der Waals surface area contributed by atoms with E-state index in [0.717, 1.165) is 128 Å². The van der Waals surface area contributed by atoms with Crippen LogP contribution in [0.5, 0.6) is 0 Å². The molecule has 0 saturated carbocycles. The van der Waals surface area contributed by atoms with Crippen LogP contribution in [0.25, 0.3) is 94.3 Å². The zero-order valence-corrected chi connectivity index (χ0v) is 65.3. The molecular formula is C108H88BN3. The van der Waals surface area contributed by atoms with Gasteiger partial charge in [-0.2, -0.15) is 0 Å². The second-order valence-electron chi connectivity index (χ2n) is 36.1. The van der Waals surface area contributed by atoms with Crippen molar-refractivity contribution >= 4 is 79.0 Å². The minimum atomic E-state index is -0.877. The molecule has 15 aromatic carbocycles. The number of benzene rings is 15. The predicted octanol–water partition coefficient (Wildman–Crippen LogP) is 26.1. The Morgan fingerprint density at radius 2 is 0.580 bits per heavy atom. The third kappa shape index (κ3) is 9.07. The van der Waals surface area contributed by atoms with E-state index in [4.69, 9.17) is 0 Å². The maximum absolute atomic E-state index is 10.4. The van der Waals surface area contributed by atoms with Gasteiger partial charge in [0.2, 0.25) is 0 Å². The molecule has 538 valence electrons. The summed E-state index contributed by atoms with van der Waals surface area (Å²) in [6, 6.07) is 96.9. The zero-order valence-electron chi connectivity index (χ0n) is 73.3. The molecule has 3 heterocycles. The fourth-order valence-electron chi connectivity index (χ4n) is 20.6. The van der Waals surface area contributed by atoms with Crippen molar-refractivity contribution in [1.29, 1.82) is 0 Å². The van der Waals surface area contributed by atoms with Gasteiger partial charge >= 0.3 is 0 Å². The molecule has 0 amide bonds. The molecule has 0 saturated heterocycles. The van der Waals surface area contributed by atoms with E-state index in [1.165, 1.54) is 55.6 Å². The zero-order chi connectivity index (χ0) is 83.0. The highest BCUT2D eigenvalue weighted by molar-refractivity contribution is 7.00. The molecule has 16 aromatic rings. The van der Waals surface area contributed by atoms with E-state index in [1.807, 2.05) is 0 Å². The average Bonchev–Trinajstić information content (AvgIpc) is 1.45. The van der Waals surface area contributed by atoms with Crippen LogP contribution in [0.15, 0.2) is 315 Å². The van der Waals surface area contributed by atoms with Crippen LogP contribution in [0.3, 0.4) is 0 Å². The summed E-state index contributed by atoms with van der Waals surface area (Å²) in [4.78, 5) is 5.06. The normalized spacial score (nSPS) is 15.7. The van der Waals surface area contributed by atoms with Crippen LogP contribution in [-0.2, 0) is 32.5 Å². The number of aromatic nitrogens is 1. The molecule has 6 aliphatic rings. The van der Waals surface area contributed by atoms with Gasteiger partial charge in [-0.05, 0) is 209 Å². The summed E-state index contributed by atoms with van der Waals surface area (Å²) >= 11 is 0. The molecule has 0 unspecified atom stereocenters. The molecule has 0 atom stereocenters. The van der Waals surface area contributed by atoms with Crippen LogP contribution in [0.4, 0.5) is 34.1 Å². The third-order valence-corrected chi connectivity index (χ3v) is 25.8. The van der Waals surface area contributed by atoms with Crippen molar-refractivity contribution in [3.63, 3.8) is 0 Å². The smallest absolute Gasteiger partial charge is 0.252 e. The second kappa shape index (κ2) is 23.2. The fraction of sp³-hybridized carbons (Fsp3) is 0.167. The van der Waals surface area contributed by atoms with Gasteiger partial charge < -0.3 is 14.4 Å². The monoisotopic (exact) mass is 1450 g/mol. The molecule has 2 aliphatic heterocycles. The maximum atomic E-state index is 10.4. The van der Waals surface area contributed by atoms with Gasteiger partial charge in [-0.1, -0.05) is 350 Å². The van der Waals surface area contributed by atoms with Crippen molar-refractivity contribution in [1.82, 2.24) is 4.57 Å². The van der Waals surface area contributed by atoms with Crippen molar-refractivity contribution in [3.8, 4) is 72.4 Å². The van der Waals surface area contributed by atoms with E-state index >= 15 is 0 Å². The second-order valence-corrected chi connectivity index (χ2v) is 36.1. The number of fused-ring (bicyclic) bond motifs is 27. The van der Waals surface area contributed by atoms with Crippen LogP contribution in [0.1, 0.15) is 161 Å². The largest absolute Gasteiger partial charge is 0.311 e. The van der Waals surface area contributed by atoms with Crippen molar-refractivity contribution in [3.05, 3.63) is 382 Å². The van der Waals surface area contributed by atoms with Crippen LogP contribution in [0.2, 0.25) is 0 Å². The fourth-order valence-corrected chi connectivity index (χ4v) is 20.6. The number of hydrogen-bond acceptors (Lipinski definition) is 2. The Bertz CT molecular complexity index is 6680. The number of anilines is 6. The number of rotatable bonds is 5. The molecule has 0 N–H and O–H groups in total. The molecule has 0 bridgehead atoms. The van der Waals surface area contributed by atoms with E-state index in [0.29, 0.717) is 5.69 Å². The summed E-state index contributed by atoms with van der Waals surface area (Å²) in [7, 11) is 0. The summed E-state index contributed by atoms with van der Waals surface area (Å²) in [6.07, 6.45) is 0. The van der Waals surface area contributed by atoms with Crippen LogP contribution in [0, 0.1) is 0 Å². The van der Waals surface area contributed by atoms with Crippen LogP contribution < -0.4 is 26.2 Å². The number of nitrogens with zero attached hydrogens (tertiary/aromatic N) is 3. The van der Waals surface area contributed by atoms with E-state index in [1.54, 1.807) is 4.57 Å². The molecule has 0 radical (unpaired) electrons. The summed E-state index contributed by atoms with van der Waals surface area (Å²) in [5.74, 6) is 0. The SMILES string of the molecule is [2H]c1c([2H])c([2H])c2c(c1[2H])c1c([2H])c([2H])c([2H])c([2H])c1n2-c1cc2c3c(c1)N(c1cccc4c1C1(c5ccccc5-c5ccccc51)c1ccccc1-4)c1cc(-c4cc(C(C)(C)C)cc(C(C)(C)C)c4)ccc1B3c1ccc(-c3cc(C(C)(C)C)cc(C(C)(C)C)c3)cc1N2c1cccc2c1C1(c3ccccc3-c3ccccc31)c1ccccc1-2. The minimum Gasteiger partial charge on any atom is -0.311 e. The Balaban J connectivity index is 0.957. The Kier molecular flexibility index (Phi) is 12.2. The topological polar surface area (TPSA) is 11.4 Å². The van der Waals surface area contributed by atoms with Crippen LogP contribution >= 0.6 is 0 Å². The van der Waals surface area contributed by atoms with Gasteiger partial charge in [0.25, 0.3) is 6.71 Å². The summed E-state index contributed by atoms with van der Waals surface area (Å²) in [5, 5.41) is 0.00640. The van der Waals surface area contributed by atoms with E-state index in [9.17, 15) is 11.0 Å². The quantitative estimate of drug-likeness (QED) is 0.159. The molecule has 22 rings (SSSR count). The van der Waals surface area contributed by atoms with E-state index in [2.05, 4.69) is 360 Å². The Morgan fingerprint density at radius 1 is 0.277 bits per heavy atom. The lowest BCUT2D eigenvalue weighted by atomic mass is 9.33. The molecule has 4 heteroatoms. The number of para-hydroxylation sites is 2. The highest BCUT2D eigenvalue weighted by atomic mass is 15.2. The number of hydrogen-bond donors (Lipinski definition) is 0. The lowest BCUT2D eigenvalue weighted by molar-refractivity contribution is 0.568. The maximum Gasteiger partial charge on any atom is 0.252 e. The molecular weight excluding hydrogens is 1350 g/mol. The van der Waals surface area contributed by atoms with Gasteiger partial charge in [0.05, 0.1) is 49.9 Å². The van der Waals surface area contributed by atoms with Gasteiger partial charge in [-0.25, -0.2) is 0 Å². The highest BCUT2D eigenvalue weighted by Crippen LogP contribution is 2.68. The summed E-state index contributed by atoms with van der Waals surface area (Å²) < 4.78 is 80.8. The van der Waals surface area contributed by atoms with Crippen LogP contribution in [-0.4, -0.2) is 11.3 Å². The van der Waals surface area contributed by atoms with Gasteiger partial charge in [0.1, 0.15) is 0 Å². The van der Waals surface area contributed by atoms with Gasteiger partial charge in [0, 0.05) is 44.6 Å². The van der Waals surface area contributed by atoms with Gasteiger partial charge in [-0.15, -0.1) is 0 Å². The highest BCUT2D eigenvalue weighted by Gasteiger charge is 2.57. The lowest BCUT2D eigenvalue weighted by Crippen LogP contribution is -2.61. The van der Waals surface area contributed by atoms with Crippen molar-refractivity contribution in [2.45, 2.75) is 116 Å². The predicted molar refractivity (Wildman–Crippen MR) is 473 cm³/mol. The first-order valence-electron chi connectivity index (χ1n) is 43.7. The lowest BCUT2D eigenvalue weighted by Gasteiger charge is -2.46. The van der Waals surface area contributed by atoms with Crippen molar-refractivity contribution in [2.75, 3.05) is 9.80 Å². The Hall–Kier alpha value is -12.2. The van der Waals surface area contributed by atoms with Crippen molar-refractivity contribution < 1.29 is 11.0 Å². The summed E-state index contributed by atoms with van der Waals surface area (Å²) in [6.45, 7) is 27.0. The molecule has 0 fully saturated rings. The summed E-state index contributed by atoms with van der Waals surface area (Å²) in [5.41, 5.74) is 33.7. The first kappa shape index (κ1) is 58.7. The molecule has 2 spiro atoms. The van der Waals surface area contributed by atoms with Crippen molar-refractivity contribution in [2.24, 2.45) is 0 Å². The van der Waals surface area contributed by atoms with E-state index < -0.39 is 53.8 Å². The standard InChI is InChI=1S/C108H88BN3/c1-103(2,3)69-55-67(56-70(61-69)104(4,5)6)65-51-53-90-96(59-65)111(94-49-29-39-82-78-35-17-25-45-88(78)107(100(82)94)84-41-21-13-31-74(84)75-32-14-22-42-85(75)107)98-63-73(110-92-47-27-19-37-80(92)81-38-20-28-48-93(81)110)64-99-102(98)109(90)91-54-52-66(68-57-71(105(7,8)9)62-72(58-68)106(10,11)12)60-97(91)112(99)95-50-30-40-83-79-36-18-26-46-89(79)108(101(83)95)86-43-23-15-33-76(86)77-34-16-24-44-87(77)108/h13-64H,1-12H3/i19D,20D,27D,28D,37D,38D,47D,48D. The molecule has 3 nitrogen and oxygen atoms in total. The third-order valence-electron chi connectivity index (χ3n) is 25.8.